The average molecular weight is 312 g/mol. The standard InChI is InChI=1S/C14H14ClNO3S/c1-10-13(15)7-4-8-14(10)20(17,18)16-11-5-3-6-12(9-11)19-2/h3-9,16H,1-2H3. The van der Waals surface area contributed by atoms with E-state index in [9.17, 15) is 8.42 Å². The molecular formula is C14H14ClNO3S. The van der Waals surface area contributed by atoms with E-state index in [-0.39, 0.29) is 4.90 Å². The molecule has 0 saturated heterocycles. The highest BCUT2D eigenvalue weighted by atomic mass is 35.5. The Morgan fingerprint density at radius 2 is 1.85 bits per heavy atom. The number of rotatable bonds is 4. The maximum atomic E-state index is 12.4. The fourth-order valence-electron chi connectivity index (χ4n) is 1.78. The van der Waals surface area contributed by atoms with Gasteiger partial charge in [0.2, 0.25) is 0 Å². The van der Waals surface area contributed by atoms with E-state index < -0.39 is 10.0 Å². The van der Waals surface area contributed by atoms with Crippen LogP contribution in [0.5, 0.6) is 5.75 Å². The van der Waals surface area contributed by atoms with Gasteiger partial charge in [-0.2, -0.15) is 0 Å². The van der Waals surface area contributed by atoms with Crippen molar-refractivity contribution in [2.75, 3.05) is 11.8 Å². The largest absolute Gasteiger partial charge is 0.497 e. The third-order valence-electron chi connectivity index (χ3n) is 2.83. The zero-order chi connectivity index (χ0) is 14.8. The number of benzene rings is 2. The zero-order valence-electron chi connectivity index (χ0n) is 11.1. The number of hydrogen-bond donors (Lipinski definition) is 1. The Morgan fingerprint density at radius 1 is 1.15 bits per heavy atom. The average Bonchev–Trinajstić information content (AvgIpc) is 2.41. The van der Waals surface area contributed by atoms with Gasteiger partial charge in [-0.15, -0.1) is 0 Å². The highest BCUT2D eigenvalue weighted by molar-refractivity contribution is 7.92. The Hall–Kier alpha value is -1.72. The summed E-state index contributed by atoms with van der Waals surface area (Å²) >= 11 is 5.96. The summed E-state index contributed by atoms with van der Waals surface area (Å²) in [4.78, 5) is 0.160. The molecule has 0 fully saturated rings. The molecule has 0 unspecified atom stereocenters. The van der Waals surface area contributed by atoms with Crippen molar-refractivity contribution in [3.05, 3.63) is 53.1 Å². The second kappa shape index (κ2) is 5.73. The van der Waals surface area contributed by atoms with Crippen LogP contribution >= 0.6 is 11.6 Å². The van der Waals surface area contributed by atoms with Crippen LogP contribution in [-0.2, 0) is 10.0 Å². The molecular weight excluding hydrogens is 298 g/mol. The van der Waals surface area contributed by atoms with Gasteiger partial charge in [0, 0.05) is 11.1 Å². The van der Waals surface area contributed by atoms with E-state index in [1.54, 1.807) is 43.3 Å². The van der Waals surface area contributed by atoms with Gasteiger partial charge in [-0.1, -0.05) is 23.7 Å². The molecule has 0 atom stereocenters. The van der Waals surface area contributed by atoms with Gasteiger partial charge in [-0.05, 0) is 36.8 Å². The predicted molar refractivity (Wildman–Crippen MR) is 80.0 cm³/mol. The summed E-state index contributed by atoms with van der Waals surface area (Å²) in [5.74, 6) is 0.577. The first-order valence-corrected chi connectivity index (χ1v) is 7.72. The molecule has 2 aromatic carbocycles. The summed E-state index contributed by atoms with van der Waals surface area (Å²) in [6.45, 7) is 1.67. The smallest absolute Gasteiger partial charge is 0.262 e. The highest BCUT2D eigenvalue weighted by Crippen LogP contribution is 2.25. The van der Waals surface area contributed by atoms with E-state index in [0.29, 0.717) is 22.0 Å². The Kier molecular flexibility index (Phi) is 4.20. The summed E-state index contributed by atoms with van der Waals surface area (Å²) in [6.07, 6.45) is 0. The number of hydrogen-bond acceptors (Lipinski definition) is 3. The molecule has 0 heterocycles. The van der Waals surface area contributed by atoms with E-state index in [2.05, 4.69) is 4.72 Å². The van der Waals surface area contributed by atoms with Crippen molar-refractivity contribution in [1.29, 1.82) is 0 Å². The van der Waals surface area contributed by atoms with Crippen molar-refractivity contribution < 1.29 is 13.2 Å². The summed E-state index contributed by atoms with van der Waals surface area (Å²) in [6, 6.07) is 11.5. The molecule has 0 spiro atoms. The summed E-state index contributed by atoms with van der Waals surface area (Å²) in [5, 5.41) is 0.415. The van der Waals surface area contributed by atoms with E-state index in [1.807, 2.05) is 0 Å². The first kappa shape index (κ1) is 14.7. The third kappa shape index (κ3) is 3.05. The molecule has 0 aliphatic heterocycles. The van der Waals surface area contributed by atoms with Crippen molar-refractivity contribution >= 4 is 27.3 Å². The molecule has 0 radical (unpaired) electrons. The molecule has 0 saturated carbocycles. The molecule has 2 rings (SSSR count). The van der Waals surface area contributed by atoms with Crippen LogP contribution in [-0.4, -0.2) is 15.5 Å². The van der Waals surface area contributed by atoms with Crippen LogP contribution in [0.15, 0.2) is 47.4 Å². The van der Waals surface area contributed by atoms with Crippen LogP contribution in [0, 0.1) is 6.92 Å². The van der Waals surface area contributed by atoms with Crippen LogP contribution in [0.1, 0.15) is 5.56 Å². The quantitative estimate of drug-likeness (QED) is 0.940. The predicted octanol–water partition coefficient (Wildman–Crippen LogP) is 3.46. The first-order valence-electron chi connectivity index (χ1n) is 5.86. The van der Waals surface area contributed by atoms with E-state index in [1.165, 1.54) is 13.2 Å². The molecule has 20 heavy (non-hydrogen) atoms. The molecule has 0 amide bonds. The Morgan fingerprint density at radius 3 is 2.55 bits per heavy atom. The molecule has 1 N–H and O–H groups in total. The Bertz CT molecular complexity index is 729. The lowest BCUT2D eigenvalue weighted by Crippen LogP contribution is -2.14. The summed E-state index contributed by atoms with van der Waals surface area (Å²) in [5.41, 5.74) is 0.952. The van der Waals surface area contributed by atoms with Crippen LogP contribution in [0.3, 0.4) is 0 Å². The highest BCUT2D eigenvalue weighted by Gasteiger charge is 2.18. The minimum Gasteiger partial charge on any atom is -0.497 e. The number of methoxy groups -OCH3 is 1. The van der Waals surface area contributed by atoms with Gasteiger partial charge < -0.3 is 4.74 Å². The van der Waals surface area contributed by atoms with E-state index >= 15 is 0 Å². The molecule has 0 aromatic heterocycles. The van der Waals surface area contributed by atoms with Crippen molar-refractivity contribution in [2.24, 2.45) is 0 Å². The van der Waals surface area contributed by atoms with Crippen LogP contribution < -0.4 is 9.46 Å². The minimum atomic E-state index is -3.68. The summed E-state index contributed by atoms with van der Waals surface area (Å²) < 4.78 is 32.3. The Labute approximate surface area is 123 Å². The molecule has 6 heteroatoms. The van der Waals surface area contributed by atoms with E-state index in [4.69, 9.17) is 16.3 Å². The van der Waals surface area contributed by atoms with Crippen LogP contribution in [0.4, 0.5) is 5.69 Å². The van der Waals surface area contributed by atoms with Crippen molar-refractivity contribution in [1.82, 2.24) is 0 Å². The monoisotopic (exact) mass is 311 g/mol. The van der Waals surface area contributed by atoms with Gasteiger partial charge in [0.1, 0.15) is 5.75 Å². The topological polar surface area (TPSA) is 55.4 Å². The maximum absolute atomic E-state index is 12.4. The van der Waals surface area contributed by atoms with Crippen LogP contribution in [0.2, 0.25) is 5.02 Å². The molecule has 2 aromatic rings. The van der Waals surface area contributed by atoms with Gasteiger partial charge in [0.25, 0.3) is 10.0 Å². The fraction of sp³-hybridized carbons (Fsp3) is 0.143. The second-order valence-electron chi connectivity index (χ2n) is 4.20. The minimum absolute atomic E-state index is 0.160. The lowest BCUT2D eigenvalue weighted by molar-refractivity contribution is 0.415. The van der Waals surface area contributed by atoms with Gasteiger partial charge in [0.15, 0.2) is 0 Å². The number of anilines is 1. The molecule has 0 aliphatic carbocycles. The zero-order valence-corrected chi connectivity index (χ0v) is 12.6. The van der Waals surface area contributed by atoms with Crippen molar-refractivity contribution in [3.8, 4) is 5.75 Å². The second-order valence-corrected chi connectivity index (χ2v) is 6.26. The van der Waals surface area contributed by atoms with Crippen molar-refractivity contribution in [3.63, 3.8) is 0 Å². The lowest BCUT2D eigenvalue weighted by atomic mass is 10.2. The Balaban J connectivity index is 2.38. The number of sulfonamides is 1. The number of ether oxygens (including phenoxy) is 1. The molecule has 0 aliphatic rings. The summed E-state index contributed by atoms with van der Waals surface area (Å²) in [7, 11) is -2.16. The third-order valence-corrected chi connectivity index (χ3v) is 4.76. The number of halogens is 1. The van der Waals surface area contributed by atoms with E-state index in [0.717, 1.165) is 0 Å². The number of nitrogens with one attached hydrogen (secondary N) is 1. The maximum Gasteiger partial charge on any atom is 0.262 e. The fourth-order valence-corrected chi connectivity index (χ4v) is 3.32. The molecule has 106 valence electrons. The van der Waals surface area contributed by atoms with Crippen molar-refractivity contribution in [2.45, 2.75) is 11.8 Å². The van der Waals surface area contributed by atoms with Gasteiger partial charge in [-0.25, -0.2) is 8.42 Å². The normalized spacial score (nSPS) is 11.2. The van der Waals surface area contributed by atoms with Crippen LogP contribution in [0.25, 0.3) is 0 Å². The SMILES string of the molecule is COc1cccc(NS(=O)(=O)c2cccc(Cl)c2C)c1. The van der Waals surface area contributed by atoms with Gasteiger partial charge in [-0.3, -0.25) is 4.72 Å². The van der Waals surface area contributed by atoms with Gasteiger partial charge in [0.05, 0.1) is 17.7 Å². The molecule has 0 bridgehead atoms. The molecule has 4 nitrogen and oxygen atoms in total. The lowest BCUT2D eigenvalue weighted by Gasteiger charge is -2.11. The first-order chi connectivity index (χ1) is 9.44. The van der Waals surface area contributed by atoms with Gasteiger partial charge >= 0.3 is 0 Å².